The maximum Gasteiger partial charge on any atom is 0.416 e. The number of hydrogen-bond donors (Lipinski definition) is 1. The average molecular weight is 721 g/mol. The third-order valence-corrected chi connectivity index (χ3v) is 10.0. The molecule has 4 aromatic rings. The molecule has 0 aliphatic heterocycles. The molecule has 0 bridgehead atoms. The van der Waals surface area contributed by atoms with Crippen molar-refractivity contribution in [3.63, 3.8) is 0 Å². The Morgan fingerprint density at radius 3 is 2.12 bits per heavy atom. The number of carbonyl (C=O) groups is 2. The maximum atomic E-state index is 14.5. The number of hydrogen-bond acceptors (Lipinski definition) is 4. The van der Waals surface area contributed by atoms with Crippen LogP contribution in [0, 0.1) is 0 Å². The molecule has 0 radical (unpaired) electrons. The van der Waals surface area contributed by atoms with Gasteiger partial charge in [-0.1, -0.05) is 97.2 Å². The van der Waals surface area contributed by atoms with Crippen LogP contribution in [0.2, 0.25) is 10.0 Å². The van der Waals surface area contributed by atoms with Crippen LogP contribution in [0.1, 0.15) is 36.5 Å². The Kier molecular flexibility index (Phi) is 12.5. The third kappa shape index (κ3) is 9.52. The number of amides is 2. The van der Waals surface area contributed by atoms with E-state index in [1.165, 1.54) is 47.4 Å². The topological polar surface area (TPSA) is 86.8 Å². The molecular formula is C35H34Cl2F3N3O4S. The molecule has 4 aromatic carbocycles. The first-order chi connectivity index (χ1) is 22.8. The molecule has 4 rings (SSSR count). The van der Waals surface area contributed by atoms with Gasteiger partial charge in [0.15, 0.2) is 0 Å². The highest BCUT2D eigenvalue weighted by atomic mass is 35.5. The fourth-order valence-electron chi connectivity index (χ4n) is 4.98. The number of benzene rings is 4. The van der Waals surface area contributed by atoms with Crippen molar-refractivity contribution in [2.45, 2.75) is 49.8 Å². The quantitative estimate of drug-likeness (QED) is 0.135. The van der Waals surface area contributed by atoms with Gasteiger partial charge < -0.3 is 10.2 Å². The van der Waals surface area contributed by atoms with Crippen molar-refractivity contribution in [3.05, 3.63) is 130 Å². The zero-order chi connectivity index (χ0) is 34.9. The Balaban J connectivity index is 1.84. The van der Waals surface area contributed by atoms with Crippen LogP contribution in [0.5, 0.6) is 0 Å². The Labute approximate surface area is 288 Å². The van der Waals surface area contributed by atoms with Crippen molar-refractivity contribution in [1.29, 1.82) is 0 Å². The highest BCUT2D eigenvalue weighted by Gasteiger charge is 2.36. The third-order valence-electron chi connectivity index (χ3n) is 7.51. The molecule has 0 saturated heterocycles. The van der Waals surface area contributed by atoms with Gasteiger partial charge in [-0.05, 0) is 60.0 Å². The van der Waals surface area contributed by atoms with Gasteiger partial charge in [0.2, 0.25) is 11.8 Å². The van der Waals surface area contributed by atoms with Crippen molar-refractivity contribution in [2.75, 3.05) is 17.4 Å². The number of unbranched alkanes of at least 4 members (excludes halogenated alkanes) is 1. The van der Waals surface area contributed by atoms with Crippen LogP contribution in [0.4, 0.5) is 18.9 Å². The second-order valence-corrected chi connectivity index (χ2v) is 13.7. The minimum atomic E-state index is -4.78. The van der Waals surface area contributed by atoms with Gasteiger partial charge in [0.1, 0.15) is 12.6 Å². The molecule has 0 aliphatic carbocycles. The lowest BCUT2D eigenvalue weighted by atomic mass is 10.0. The second kappa shape index (κ2) is 16.4. The SMILES string of the molecule is CCCCNC(=O)C(Cc1ccccc1)N(Cc1ccc(Cl)c(Cl)c1)C(=O)CN(c1cccc(C(F)(F)F)c1)S(=O)(=O)c1ccccc1. The largest absolute Gasteiger partial charge is 0.416 e. The van der Waals surface area contributed by atoms with E-state index >= 15 is 0 Å². The van der Waals surface area contributed by atoms with Crippen molar-refractivity contribution < 1.29 is 31.2 Å². The van der Waals surface area contributed by atoms with Crippen LogP contribution in [0.15, 0.2) is 108 Å². The molecule has 2 amide bonds. The van der Waals surface area contributed by atoms with Crippen molar-refractivity contribution in [1.82, 2.24) is 10.2 Å². The lowest BCUT2D eigenvalue weighted by Crippen LogP contribution is -2.53. The first-order valence-electron chi connectivity index (χ1n) is 15.1. The van der Waals surface area contributed by atoms with Gasteiger partial charge in [0, 0.05) is 19.5 Å². The van der Waals surface area contributed by atoms with E-state index < -0.39 is 46.2 Å². The van der Waals surface area contributed by atoms with Crippen LogP contribution in [-0.4, -0.2) is 44.3 Å². The monoisotopic (exact) mass is 719 g/mol. The molecule has 0 saturated carbocycles. The molecule has 1 N–H and O–H groups in total. The molecule has 0 aromatic heterocycles. The molecule has 1 atom stereocenters. The number of anilines is 1. The van der Waals surface area contributed by atoms with E-state index in [0.29, 0.717) is 28.9 Å². The summed E-state index contributed by atoms with van der Waals surface area (Å²) < 4.78 is 70.0. The zero-order valence-corrected chi connectivity index (χ0v) is 28.3. The summed E-state index contributed by atoms with van der Waals surface area (Å²) in [6, 6.07) is 23.4. The van der Waals surface area contributed by atoms with Crippen LogP contribution in [-0.2, 0) is 38.8 Å². The lowest BCUT2D eigenvalue weighted by Gasteiger charge is -2.34. The summed E-state index contributed by atoms with van der Waals surface area (Å²) in [5.74, 6) is -1.30. The predicted molar refractivity (Wildman–Crippen MR) is 181 cm³/mol. The fraction of sp³-hybridized carbons (Fsp3) is 0.257. The Bertz CT molecular complexity index is 1810. The Morgan fingerprint density at radius 2 is 1.50 bits per heavy atom. The minimum Gasteiger partial charge on any atom is -0.354 e. The predicted octanol–water partition coefficient (Wildman–Crippen LogP) is 7.76. The van der Waals surface area contributed by atoms with E-state index in [2.05, 4.69) is 5.32 Å². The van der Waals surface area contributed by atoms with Crippen molar-refractivity contribution in [3.8, 4) is 0 Å². The second-order valence-electron chi connectivity index (χ2n) is 11.0. The number of carbonyl (C=O) groups excluding carboxylic acids is 2. The highest BCUT2D eigenvalue weighted by Crippen LogP contribution is 2.33. The smallest absolute Gasteiger partial charge is 0.354 e. The molecule has 254 valence electrons. The summed E-state index contributed by atoms with van der Waals surface area (Å²) in [6.45, 7) is 1.21. The number of halogens is 5. The van der Waals surface area contributed by atoms with Gasteiger partial charge in [-0.2, -0.15) is 13.2 Å². The maximum absolute atomic E-state index is 14.5. The Hall–Kier alpha value is -4.06. The van der Waals surface area contributed by atoms with Gasteiger partial charge in [0.05, 0.1) is 26.2 Å². The molecule has 13 heteroatoms. The number of sulfonamides is 1. The Morgan fingerprint density at radius 1 is 0.833 bits per heavy atom. The van der Waals surface area contributed by atoms with Gasteiger partial charge >= 0.3 is 6.18 Å². The first-order valence-corrected chi connectivity index (χ1v) is 17.3. The van der Waals surface area contributed by atoms with E-state index in [-0.39, 0.29) is 33.6 Å². The summed E-state index contributed by atoms with van der Waals surface area (Å²) in [7, 11) is -4.57. The molecule has 1 unspecified atom stereocenters. The lowest BCUT2D eigenvalue weighted by molar-refractivity contribution is -0.140. The standard InChI is InChI=1S/C35H34Cl2F3N3O4S/c1-2-3-19-41-34(45)32(21-25-11-6-4-7-12-25)42(23-26-17-18-30(36)31(37)20-26)33(44)24-43(48(46,47)29-15-8-5-9-16-29)28-14-10-13-27(22-28)35(38,39)40/h4-18,20,22,32H,2-3,19,21,23-24H2,1H3,(H,41,45). The number of nitrogens with zero attached hydrogens (tertiary/aromatic N) is 2. The molecule has 7 nitrogen and oxygen atoms in total. The zero-order valence-electron chi connectivity index (χ0n) is 26.0. The van der Waals surface area contributed by atoms with Crippen LogP contribution in [0.25, 0.3) is 0 Å². The van der Waals surface area contributed by atoms with E-state index in [9.17, 15) is 31.2 Å². The normalized spacial score (nSPS) is 12.3. The number of alkyl halides is 3. The van der Waals surface area contributed by atoms with Crippen LogP contribution >= 0.6 is 23.2 Å². The molecule has 48 heavy (non-hydrogen) atoms. The molecule has 0 heterocycles. The molecule has 0 spiro atoms. The van der Waals surface area contributed by atoms with E-state index in [1.807, 2.05) is 6.92 Å². The summed E-state index contributed by atoms with van der Waals surface area (Å²) in [5.41, 5.74) is -0.241. The summed E-state index contributed by atoms with van der Waals surface area (Å²) in [6.07, 6.45) is -3.22. The highest BCUT2D eigenvalue weighted by molar-refractivity contribution is 7.92. The van der Waals surface area contributed by atoms with E-state index in [0.717, 1.165) is 24.1 Å². The molecular weight excluding hydrogens is 686 g/mol. The summed E-state index contributed by atoms with van der Waals surface area (Å²) in [4.78, 5) is 29.3. The summed E-state index contributed by atoms with van der Waals surface area (Å²) >= 11 is 12.4. The van der Waals surface area contributed by atoms with Crippen LogP contribution < -0.4 is 9.62 Å². The van der Waals surface area contributed by atoms with Gasteiger partial charge in [-0.3, -0.25) is 13.9 Å². The first kappa shape index (κ1) is 36.8. The van der Waals surface area contributed by atoms with Crippen LogP contribution in [0.3, 0.4) is 0 Å². The minimum absolute atomic E-state index is 0.0703. The van der Waals surface area contributed by atoms with Gasteiger partial charge in [0.25, 0.3) is 10.0 Å². The molecule has 0 fully saturated rings. The van der Waals surface area contributed by atoms with E-state index in [4.69, 9.17) is 23.2 Å². The fourth-order valence-corrected chi connectivity index (χ4v) is 6.73. The van der Waals surface area contributed by atoms with Gasteiger partial charge in [-0.15, -0.1) is 0 Å². The van der Waals surface area contributed by atoms with E-state index in [1.54, 1.807) is 42.5 Å². The number of rotatable bonds is 14. The molecule has 0 aliphatic rings. The number of nitrogens with one attached hydrogen (secondary N) is 1. The van der Waals surface area contributed by atoms with Crippen molar-refractivity contribution in [2.24, 2.45) is 0 Å². The average Bonchev–Trinajstić information content (AvgIpc) is 3.07. The van der Waals surface area contributed by atoms with Crippen molar-refractivity contribution >= 4 is 50.7 Å². The van der Waals surface area contributed by atoms with Gasteiger partial charge in [-0.25, -0.2) is 8.42 Å². The summed E-state index contributed by atoms with van der Waals surface area (Å²) in [5, 5.41) is 3.34.